The standard InChI is InChI=1S/C19H32F2N2O7/c1-8(2)19(9(3)4)28-7-11(29-19)14(25)15-13(23-10(5)24)12(22)16(20)18(21,30-15)17(26)27-6/h8-9,11-16,25H,7,22H2,1-6H3,(H,23,24)/t11-,12-,13-,14-,15-,16-,18-/m1/s1. The molecule has 2 aliphatic heterocycles. The third-order valence-corrected chi connectivity index (χ3v) is 5.74. The van der Waals surface area contributed by atoms with Crippen molar-refractivity contribution in [3.8, 4) is 0 Å². The molecule has 0 radical (unpaired) electrons. The van der Waals surface area contributed by atoms with E-state index in [2.05, 4.69) is 10.1 Å². The van der Waals surface area contributed by atoms with Gasteiger partial charge in [0.15, 0.2) is 12.0 Å². The molecule has 7 atom stereocenters. The molecule has 0 spiro atoms. The molecule has 0 aromatic heterocycles. The molecule has 4 N–H and O–H groups in total. The first-order chi connectivity index (χ1) is 13.8. The van der Waals surface area contributed by atoms with Crippen molar-refractivity contribution in [2.24, 2.45) is 17.6 Å². The Hall–Kier alpha value is -1.40. The van der Waals surface area contributed by atoms with Crippen molar-refractivity contribution in [2.45, 2.75) is 82.8 Å². The van der Waals surface area contributed by atoms with E-state index in [1.807, 2.05) is 27.7 Å². The highest BCUT2D eigenvalue weighted by Crippen LogP contribution is 2.41. The summed E-state index contributed by atoms with van der Waals surface area (Å²) >= 11 is 0. The van der Waals surface area contributed by atoms with Crippen LogP contribution in [0, 0.1) is 11.8 Å². The molecule has 9 nitrogen and oxygen atoms in total. The largest absolute Gasteiger partial charge is 0.465 e. The Morgan fingerprint density at radius 2 is 1.80 bits per heavy atom. The third kappa shape index (κ3) is 4.18. The lowest BCUT2D eigenvalue weighted by Gasteiger charge is -2.46. The van der Waals surface area contributed by atoms with E-state index in [1.165, 1.54) is 0 Å². The second kappa shape index (κ2) is 8.99. The Kier molecular flexibility index (Phi) is 7.45. The number of halogens is 2. The second-order valence-electron chi connectivity index (χ2n) is 8.41. The minimum absolute atomic E-state index is 0.0595. The van der Waals surface area contributed by atoms with Gasteiger partial charge in [-0.25, -0.2) is 9.18 Å². The summed E-state index contributed by atoms with van der Waals surface area (Å²) in [6, 6.07) is -3.04. The SMILES string of the molecule is COC(=O)[C@]1(F)O[C@@H]([C@H](O)[C@H]2COC(C(C)C)(C(C)C)O2)[C@H](NC(C)=O)[C@@H](N)[C@H]1F. The van der Waals surface area contributed by atoms with E-state index in [0.717, 1.165) is 14.0 Å². The molecule has 0 aromatic rings. The molecule has 2 rings (SSSR count). The number of hydrogen-bond donors (Lipinski definition) is 3. The van der Waals surface area contributed by atoms with Crippen LogP contribution in [-0.4, -0.2) is 78.9 Å². The summed E-state index contributed by atoms with van der Waals surface area (Å²) in [5.74, 6) is -6.96. The van der Waals surface area contributed by atoms with Gasteiger partial charge >= 0.3 is 11.8 Å². The Bertz CT molecular complexity index is 642. The van der Waals surface area contributed by atoms with Crippen LogP contribution in [0.3, 0.4) is 0 Å². The number of amides is 1. The van der Waals surface area contributed by atoms with Crippen LogP contribution in [0.15, 0.2) is 0 Å². The van der Waals surface area contributed by atoms with Crippen LogP contribution in [0.4, 0.5) is 8.78 Å². The first kappa shape index (κ1) is 24.9. The topological polar surface area (TPSA) is 129 Å². The number of ether oxygens (including phenoxy) is 4. The summed E-state index contributed by atoms with van der Waals surface area (Å²) in [4.78, 5) is 23.5. The van der Waals surface area contributed by atoms with Crippen molar-refractivity contribution in [3.05, 3.63) is 0 Å². The Morgan fingerprint density at radius 3 is 2.23 bits per heavy atom. The number of nitrogens with two attached hydrogens (primary N) is 1. The smallest absolute Gasteiger partial charge is 0.375 e. The molecule has 0 bridgehead atoms. The van der Waals surface area contributed by atoms with Gasteiger partial charge in [-0.2, -0.15) is 4.39 Å². The van der Waals surface area contributed by atoms with Crippen LogP contribution in [0.1, 0.15) is 34.6 Å². The molecular weight excluding hydrogens is 406 g/mol. The van der Waals surface area contributed by atoms with Crippen LogP contribution < -0.4 is 11.1 Å². The Morgan fingerprint density at radius 1 is 1.23 bits per heavy atom. The zero-order valence-corrected chi connectivity index (χ0v) is 18.1. The monoisotopic (exact) mass is 438 g/mol. The van der Waals surface area contributed by atoms with Crippen LogP contribution in [-0.2, 0) is 28.5 Å². The fourth-order valence-corrected chi connectivity index (χ4v) is 4.15. The third-order valence-electron chi connectivity index (χ3n) is 5.74. The van der Waals surface area contributed by atoms with Crippen LogP contribution in [0.5, 0.6) is 0 Å². The number of aliphatic hydroxyl groups excluding tert-OH is 1. The summed E-state index contributed by atoms with van der Waals surface area (Å²) in [5.41, 5.74) is 5.81. The molecule has 0 unspecified atom stereocenters. The normalized spacial score (nSPS) is 37.3. The first-order valence-corrected chi connectivity index (χ1v) is 9.93. The van der Waals surface area contributed by atoms with E-state index >= 15 is 4.39 Å². The number of aliphatic hydroxyl groups is 1. The van der Waals surface area contributed by atoms with E-state index in [9.17, 15) is 19.1 Å². The maximum absolute atomic E-state index is 15.2. The highest BCUT2D eigenvalue weighted by Gasteiger charge is 2.63. The lowest BCUT2D eigenvalue weighted by molar-refractivity contribution is -0.283. The molecule has 1 amide bonds. The fraction of sp³-hybridized carbons (Fsp3) is 0.895. The van der Waals surface area contributed by atoms with Gasteiger partial charge in [-0.3, -0.25) is 4.79 Å². The zero-order chi connectivity index (χ0) is 23.0. The summed E-state index contributed by atoms with van der Waals surface area (Å²) < 4.78 is 51.2. The number of esters is 1. The minimum atomic E-state index is -3.55. The molecule has 30 heavy (non-hydrogen) atoms. The van der Waals surface area contributed by atoms with Gasteiger partial charge in [0.25, 0.3) is 0 Å². The number of rotatable bonds is 6. The highest BCUT2D eigenvalue weighted by atomic mass is 19.2. The highest BCUT2D eigenvalue weighted by molar-refractivity contribution is 5.79. The molecule has 0 aliphatic carbocycles. The Balaban J connectivity index is 2.36. The van der Waals surface area contributed by atoms with Crippen LogP contribution >= 0.6 is 0 Å². The summed E-state index contributed by atoms with van der Waals surface area (Å²) in [5, 5.41) is 13.3. The average molecular weight is 438 g/mol. The zero-order valence-electron chi connectivity index (χ0n) is 18.1. The van der Waals surface area contributed by atoms with Gasteiger partial charge in [0.05, 0.1) is 25.8 Å². The van der Waals surface area contributed by atoms with E-state index in [4.69, 9.17) is 19.9 Å². The molecule has 2 saturated heterocycles. The van der Waals surface area contributed by atoms with Gasteiger partial charge in [0.2, 0.25) is 5.91 Å². The van der Waals surface area contributed by atoms with Crippen molar-refractivity contribution in [3.63, 3.8) is 0 Å². The van der Waals surface area contributed by atoms with Gasteiger partial charge in [0, 0.05) is 18.8 Å². The van der Waals surface area contributed by atoms with Crippen LogP contribution in [0.25, 0.3) is 0 Å². The summed E-state index contributed by atoms with van der Waals surface area (Å²) in [7, 11) is 0.865. The molecule has 11 heteroatoms. The van der Waals surface area contributed by atoms with Gasteiger partial charge in [-0.1, -0.05) is 27.7 Å². The quantitative estimate of drug-likeness (QED) is 0.501. The number of nitrogens with one attached hydrogen (secondary N) is 1. The molecule has 0 aromatic carbocycles. The molecule has 2 heterocycles. The predicted molar refractivity (Wildman–Crippen MR) is 100 cm³/mol. The molecule has 2 aliphatic rings. The van der Waals surface area contributed by atoms with Crippen molar-refractivity contribution in [1.82, 2.24) is 5.32 Å². The molecular formula is C19H32F2N2O7. The molecule has 0 saturated carbocycles. The van der Waals surface area contributed by atoms with Crippen molar-refractivity contribution in [2.75, 3.05) is 13.7 Å². The van der Waals surface area contributed by atoms with Crippen LogP contribution in [0.2, 0.25) is 0 Å². The van der Waals surface area contributed by atoms with Gasteiger partial charge < -0.3 is 35.1 Å². The number of hydrogen-bond acceptors (Lipinski definition) is 8. The lowest BCUT2D eigenvalue weighted by atomic mass is 9.86. The number of methoxy groups -OCH3 is 1. The summed E-state index contributed by atoms with van der Waals surface area (Å²) in [6.45, 7) is 8.65. The summed E-state index contributed by atoms with van der Waals surface area (Å²) in [6.07, 6.45) is -6.85. The van der Waals surface area contributed by atoms with Crippen molar-refractivity contribution < 1.29 is 42.4 Å². The predicted octanol–water partition coefficient (Wildman–Crippen LogP) is 0.179. The van der Waals surface area contributed by atoms with Crippen molar-refractivity contribution in [1.29, 1.82) is 0 Å². The Labute approximate surface area is 174 Å². The fourth-order valence-electron chi connectivity index (χ4n) is 4.15. The second-order valence-corrected chi connectivity index (χ2v) is 8.41. The first-order valence-electron chi connectivity index (χ1n) is 9.93. The van der Waals surface area contributed by atoms with E-state index in [0.29, 0.717) is 0 Å². The minimum Gasteiger partial charge on any atom is -0.465 e. The van der Waals surface area contributed by atoms with Crippen molar-refractivity contribution >= 4 is 11.9 Å². The number of alkyl halides is 2. The van der Waals surface area contributed by atoms with Gasteiger partial charge in [-0.05, 0) is 0 Å². The lowest BCUT2D eigenvalue weighted by Crippen LogP contribution is -2.73. The van der Waals surface area contributed by atoms with E-state index < -0.39 is 60.1 Å². The average Bonchev–Trinajstić information content (AvgIpc) is 3.14. The maximum atomic E-state index is 15.2. The van der Waals surface area contributed by atoms with Gasteiger partial charge in [-0.15, -0.1) is 0 Å². The molecule has 2 fully saturated rings. The molecule has 174 valence electrons. The maximum Gasteiger partial charge on any atom is 0.375 e. The van der Waals surface area contributed by atoms with E-state index in [-0.39, 0.29) is 18.4 Å². The van der Waals surface area contributed by atoms with Gasteiger partial charge in [0.1, 0.15) is 18.3 Å². The number of carbonyl (C=O) groups is 2. The number of carbonyl (C=O) groups excluding carboxylic acids is 2. The van der Waals surface area contributed by atoms with E-state index in [1.54, 1.807) is 0 Å².